The molecule has 0 saturated heterocycles. The number of aliphatic hydroxyl groups is 2. The molecule has 0 bridgehead atoms. The van der Waals surface area contributed by atoms with E-state index in [1.807, 2.05) is 0 Å². The SMILES string of the molecule is COc1cc(C(O)C(N)CCO)c(OC)cc1Cl. The molecule has 0 aliphatic rings. The van der Waals surface area contributed by atoms with Gasteiger partial charge in [-0.05, 0) is 12.5 Å². The second kappa shape index (κ2) is 6.80. The fourth-order valence-corrected chi connectivity index (χ4v) is 1.88. The van der Waals surface area contributed by atoms with Gasteiger partial charge in [0, 0.05) is 24.3 Å². The highest BCUT2D eigenvalue weighted by Crippen LogP contribution is 2.36. The van der Waals surface area contributed by atoms with Crippen LogP contribution < -0.4 is 15.2 Å². The second-order valence-corrected chi connectivity index (χ2v) is 4.26. The van der Waals surface area contributed by atoms with Crippen LogP contribution in [-0.4, -0.2) is 37.1 Å². The highest BCUT2D eigenvalue weighted by molar-refractivity contribution is 6.32. The van der Waals surface area contributed by atoms with Crippen LogP contribution in [0.25, 0.3) is 0 Å². The van der Waals surface area contributed by atoms with Crippen molar-refractivity contribution in [1.29, 1.82) is 0 Å². The van der Waals surface area contributed by atoms with E-state index in [4.69, 9.17) is 31.9 Å². The number of hydrogen-bond acceptors (Lipinski definition) is 5. The molecular weight excluding hydrogens is 258 g/mol. The second-order valence-electron chi connectivity index (χ2n) is 3.85. The molecule has 0 spiro atoms. The minimum absolute atomic E-state index is 0.0920. The van der Waals surface area contributed by atoms with Gasteiger partial charge in [-0.25, -0.2) is 0 Å². The van der Waals surface area contributed by atoms with Gasteiger partial charge in [0.1, 0.15) is 11.5 Å². The van der Waals surface area contributed by atoms with Gasteiger partial charge in [-0.2, -0.15) is 0 Å². The average molecular weight is 276 g/mol. The Morgan fingerprint density at radius 3 is 2.39 bits per heavy atom. The van der Waals surface area contributed by atoms with Gasteiger partial charge in [0.25, 0.3) is 0 Å². The normalized spacial score (nSPS) is 14.1. The first-order valence-electron chi connectivity index (χ1n) is 5.51. The van der Waals surface area contributed by atoms with Crippen molar-refractivity contribution in [3.05, 3.63) is 22.7 Å². The van der Waals surface area contributed by atoms with E-state index in [0.717, 1.165) is 0 Å². The molecule has 0 radical (unpaired) electrons. The summed E-state index contributed by atoms with van der Waals surface area (Å²) in [7, 11) is 2.96. The maximum absolute atomic E-state index is 10.1. The molecule has 0 amide bonds. The summed E-state index contributed by atoms with van der Waals surface area (Å²) in [6.07, 6.45) is -0.673. The van der Waals surface area contributed by atoms with Gasteiger partial charge in [0.15, 0.2) is 0 Å². The van der Waals surface area contributed by atoms with Gasteiger partial charge in [0.2, 0.25) is 0 Å². The zero-order chi connectivity index (χ0) is 13.7. The summed E-state index contributed by atoms with van der Waals surface area (Å²) in [5.74, 6) is 0.865. The number of rotatable bonds is 6. The van der Waals surface area contributed by atoms with Crippen LogP contribution in [0.1, 0.15) is 18.1 Å². The molecule has 2 unspecified atom stereocenters. The lowest BCUT2D eigenvalue weighted by Crippen LogP contribution is -2.29. The van der Waals surface area contributed by atoms with Crippen molar-refractivity contribution in [2.24, 2.45) is 5.73 Å². The maximum Gasteiger partial charge on any atom is 0.138 e. The first kappa shape index (κ1) is 15.0. The molecule has 6 heteroatoms. The molecule has 102 valence electrons. The van der Waals surface area contributed by atoms with Crippen LogP contribution in [0, 0.1) is 0 Å². The summed E-state index contributed by atoms with van der Waals surface area (Å²) in [4.78, 5) is 0. The quantitative estimate of drug-likeness (QED) is 0.724. The summed E-state index contributed by atoms with van der Waals surface area (Å²) in [6, 6.07) is 2.56. The molecule has 0 aliphatic carbocycles. The van der Waals surface area contributed by atoms with Gasteiger partial charge in [-0.15, -0.1) is 0 Å². The monoisotopic (exact) mass is 275 g/mol. The number of ether oxygens (including phenoxy) is 2. The van der Waals surface area contributed by atoms with Crippen molar-refractivity contribution in [2.45, 2.75) is 18.6 Å². The summed E-state index contributed by atoms with van der Waals surface area (Å²) in [6.45, 7) is -0.0920. The Balaban J connectivity index is 3.12. The largest absolute Gasteiger partial charge is 0.496 e. The minimum Gasteiger partial charge on any atom is -0.496 e. The molecule has 2 atom stereocenters. The molecule has 0 aromatic heterocycles. The summed E-state index contributed by atoms with van der Waals surface area (Å²) in [5, 5.41) is 19.4. The summed E-state index contributed by atoms with van der Waals surface area (Å²) >= 11 is 5.97. The Labute approximate surface area is 111 Å². The van der Waals surface area contributed by atoms with Gasteiger partial charge in [0.05, 0.1) is 25.3 Å². The fraction of sp³-hybridized carbons (Fsp3) is 0.500. The first-order chi connectivity index (χ1) is 8.54. The molecular formula is C12H18ClNO4. The third-order valence-electron chi connectivity index (χ3n) is 2.69. The highest BCUT2D eigenvalue weighted by Gasteiger charge is 2.22. The first-order valence-corrected chi connectivity index (χ1v) is 5.88. The van der Waals surface area contributed by atoms with Crippen LogP contribution in [-0.2, 0) is 0 Å². The Hall–Kier alpha value is -1.01. The summed E-state index contributed by atoms with van der Waals surface area (Å²) < 4.78 is 10.2. The molecule has 0 fully saturated rings. The predicted molar refractivity (Wildman–Crippen MR) is 69.2 cm³/mol. The van der Waals surface area contributed by atoms with Crippen molar-refractivity contribution in [1.82, 2.24) is 0 Å². The molecule has 0 saturated carbocycles. The van der Waals surface area contributed by atoms with Crippen molar-refractivity contribution >= 4 is 11.6 Å². The molecule has 1 aromatic rings. The standard InChI is InChI=1S/C12H18ClNO4/c1-17-10-6-8(13)11(18-2)5-7(10)12(16)9(14)3-4-15/h5-6,9,12,15-16H,3-4,14H2,1-2H3. The lowest BCUT2D eigenvalue weighted by Gasteiger charge is -2.21. The van der Waals surface area contributed by atoms with E-state index in [1.54, 1.807) is 12.1 Å². The Morgan fingerprint density at radius 2 is 1.89 bits per heavy atom. The topological polar surface area (TPSA) is 84.9 Å². The van der Waals surface area contributed by atoms with Crippen LogP contribution in [0.3, 0.4) is 0 Å². The maximum atomic E-state index is 10.1. The zero-order valence-corrected chi connectivity index (χ0v) is 11.1. The third kappa shape index (κ3) is 3.26. The molecule has 0 heterocycles. The number of benzene rings is 1. The molecule has 4 N–H and O–H groups in total. The van der Waals surface area contributed by atoms with Crippen LogP contribution in [0.5, 0.6) is 11.5 Å². The smallest absolute Gasteiger partial charge is 0.138 e. The van der Waals surface area contributed by atoms with Crippen LogP contribution in [0.2, 0.25) is 5.02 Å². The lowest BCUT2D eigenvalue weighted by atomic mass is 9.99. The van der Waals surface area contributed by atoms with Gasteiger partial charge < -0.3 is 25.4 Å². The fourth-order valence-electron chi connectivity index (χ4n) is 1.65. The van der Waals surface area contributed by atoms with Gasteiger partial charge >= 0.3 is 0 Å². The molecule has 1 aromatic carbocycles. The van der Waals surface area contributed by atoms with Crippen molar-refractivity contribution < 1.29 is 19.7 Å². The number of methoxy groups -OCH3 is 2. The average Bonchev–Trinajstić information content (AvgIpc) is 2.37. The third-order valence-corrected chi connectivity index (χ3v) is 2.99. The van der Waals surface area contributed by atoms with Crippen LogP contribution >= 0.6 is 11.6 Å². The van der Waals surface area contributed by atoms with E-state index in [9.17, 15) is 5.11 Å². The van der Waals surface area contributed by atoms with E-state index < -0.39 is 12.1 Å². The van der Waals surface area contributed by atoms with Crippen LogP contribution in [0.4, 0.5) is 0 Å². The predicted octanol–water partition coefficient (Wildman–Crippen LogP) is 1.10. The number of halogens is 1. The van der Waals surface area contributed by atoms with Crippen molar-refractivity contribution in [2.75, 3.05) is 20.8 Å². The van der Waals surface area contributed by atoms with E-state index in [1.165, 1.54) is 14.2 Å². The number of nitrogens with two attached hydrogens (primary N) is 1. The number of aliphatic hydroxyl groups excluding tert-OH is 2. The van der Waals surface area contributed by atoms with E-state index >= 15 is 0 Å². The van der Waals surface area contributed by atoms with Crippen molar-refractivity contribution in [3.63, 3.8) is 0 Å². The van der Waals surface area contributed by atoms with Gasteiger partial charge in [-0.3, -0.25) is 0 Å². The molecule has 0 aliphatic heterocycles. The van der Waals surface area contributed by atoms with E-state index in [-0.39, 0.29) is 13.0 Å². The number of hydrogen-bond donors (Lipinski definition) is 3. The molecule has 1 rings (SSSR count). The van der Waals surface area contributed by atoms with E-state index in [2.05, 4.69) is 0 Å². The Bertz CT molecular complexity index is 400. The Kier molecular flexibility index (Phi) is 5.68. The van der Waals surface area contributed by atoms with E-state index in [0.29, 0.717) is 22.1 Å². The molecule has 5 nitrogen and oxygen atoms in total. The Morgan fingerprint density at radius 1 is 1.28 bits per heavy atom. The summed E-state index contributed by atoms with van der Waals surface area (Å²) in [5.41, 5.74) is 6.26. The van der Waals surface area contributed by atoms with Gasteiger partial charge in [-0.1, -0.05) is 11.6 Å². The molecule has 18 heavy (non-hydrogen) atoms. The lowest BCUT2D eigenvalue weighted by molar-refractivity contribution is 0.126. The van der Waals surface area contributed by atoms with Crippen LogP contribution in [0.15, 0.2) is 12.1 Å². The minimum atomic E-state index is -0.960. The zero-order valence-electron chi connectivity index (χ0n) is 10.4. The highest BCUT2D eigenvalue weighted by atomic mass is 35.5. The van der Waals surface area contributed by atoms with Crippen molar-refractivity contribution in [3.8, 4) is 11.5 Å².